The fourth-order valence-electron chi connectivity index (χ4n) is 2.24. The van der Waals surface area contributed by atoms with Crippen molar-refractivity contribution in [2.45, 2.75) is 39.7 Å². The zero-order chi connectivity index (χ0) is 14.0. The molecule has 0 unspecified atom stereocenters. The number of carbonyl (C=O) groups excluding carboxylic acids is 1. The Labute approximate surface area is 114 Å². The predicted octanol–water partition coefficient (Wildman–Crippen LogP) is 2.80. The van der Waals surface area contributed by atoms with E-state index in [1.54, 1.807) is 4.90 Å². The van der Waals surface area contributed by atoms with Crippen LogP contribution in [0.4, 0.5) is 4.79 Å². The zero-order valence-electron chi connectivity index (χ0n) is 12.1. The first-order valence-corrected chi connectivity index (χ1v) is 6.73. The van der Waals surface area contributed by atoms with E-state index in [1.807, 2.05) is 40.0 Å². The van der Waals surface area contributed by atoms with Crippen LogP contribution in [0.3, 0.4) is 0 Å². The van der Waals surface area contributed by atoms with Gasteiger partial charge in [-0.2, -0.15) is 0 Å². The van der Waals surface area contributed by atoms with Crippen LogP contribution in [0.2, 0.25) is 0 Å². The summed E-state index contributed by atoms with van der Waals surface area (Å²) in [6.45, 7) is 9.25. The second kappa shape index (κ2) is 5.19. The molecule has 0 atom stereocenters. The molecular weight excluding hydrogens is 240 g/mol. The average molecular weight is 262 g/mol. The summed E-state index contributed by atoms with van der Waals surface area (Å²) in [5.41, 5.74) is 1.92. The molecule has 1 fully saturated rings. The van der Waals surface area contributed by atoms with Gasteiger partial charge >= 0.3 is 6.09 Å². The molecule has 0 aromatic carbocycles. The van der Waals surface area contributed by atoms with E-state index < -0.39 is 5.60 Å². The van der Waals surface area contributed by atoms with Gasteiger partial charge < -0.3 is 9.64 Å². The minimum absolute atomic E-state index is 0.199. The van der Waals surface area contributed by atoms with Crippen molar-refractivity contribution in [3.05, 3.63) is 29.6 Å². The van der Waals surface area contributed by atoms with Gasteiger partial charge in [0.1, 0.15) is 5.60 Å². The highest BCUT2D eigenvalue weighted by Crippen LogP contribution is 2.22. The van der Waals surface area contributed by atoms with E-state index >= 15 is 0 Å². The van der Waals surface area contributed by atoms with Crippen molar-refractivity contribution >= 4 is 6.09 Å². The second-order valence-electron chi connectivity index (χ2n) is 6.26. The maximum absolute atomic E-state index is 11.8. The smallest absolute Gasteiger partial charge is 0.410 e. The summed E-state index contributed by atoms with van der Waals surface area (Å²) in [7, 11) is 0. The SMILES string of the molecule is Cc1cc(CC2CN(C(=O)OC(C)(C)C)C2)ccn1. The average Bonchev–Trinajstić information content (AvgIpc) is 2.20. The van der Waals surface area contributed by atoms with Crippen molar-refractivity contribution in [2.75, 3.05) is 13.1 Å². The van der Waals surface area contributed by atoms with Crippen molar-refractivity contribution in [2.24, 2.45) is 5.92 Å². The van der Waals surface area contributed by atoms with E-state index in [2.05, 4.69) is 11.1 Å². The molecule has 19 heavy (non-hydrogen) atoms. The summed E-state index contributed by atoms with van der Waals surface area (Å²) >= 11 is 0. The molecule has 0 radical (unpaired) electrons. The molecule has 104 valence electrons. The van der Waals surface area contributed by atoms with Crippen LogP contribution in [-0.4, -0.2) is 34.7 Å². The minimum Gasteiger partial charge on any atom is -0.444 e. The number of aromatic nitrogens is 1. The van der Waals surface area contributed by atoms with Crippen LogP contribution < -0.4 is 0 Å². The van der Waals surface area contributed by atoms with Gasteiger partial charge in [-0.05, 0) is 57.7 Å². The van der Waals surface area contributed by atoms with Gasteiger partial charge in [0, 0.05) is 25.0 Å². The molecule has 1 amide bonds. The second-order valence-corrected chi connectivity index (χ2v) is 6.26. The summed E-state index contributed by atoms with van der Waals surface area (Å²) in [6.07, 6.45) is 2.65. The molecule has 4 heteroatoms. The Morgan fingerprint density at radius 1 is 1.47 bits per heavy atom. The third kappa shape index (κ3) is 3.94. The lowest BCUT2D eigenvalue weighted by Gasteiger charge is -2.39. The Morgan fingerprint density at radius 3 is 2.74 bits per heavy atom. The molecule has 0 N–H and O–H groups in total. The molecule has 1 aromatic rings. The number of hydrogen-bond acceptors (Lipinski definition) is 3. The van der Waals surface area contributed by atoms with Crippen LogP contribution in [0.1, 0.15) is 32.0 Å². The van der Waals surface area contributed by atoms with Gasteiger partial charge in [0.15, 0.2) is 0 Å². The Bertz CT molecular complexity index is 459. The molecule has 1 aliphatic rings. The Hall–Kier alpha value is -1.58. The molecule has 0 saturated carbocycles. The lowest BCUT2D eigenvalue weighted by Crippen LogP contribution is -2.52. The molecule has 0 bridgehead atoms. The highest BCUT2D eigenvalue weighted by molar-refractivity contribution is 5.69. The molecule has 0 aliphatic carbocycles. The van der Waals surface area contributed by atoms with E-state index in [4.69, 9.17) is 4.74 Å². The lowest BCUT2D eigenvalue weighted by atomic mass is 9.93. The fraction of sp³-hybridized carbons (Fsp3) is 0.600. The van der Waals surface area contributed by atoms with Gasteiger partial charge in [-0.1, -0.05) is 0 Å². The number of likely N-dealkylation sites (tertiary alicyclic amines) is 1. The van der Waals surface area contributed by atoms with Crippen molar-refractivity contribution in [3.63, 3.8) is 0 Å². The molecule has 1 saturated heterocycles. The quantitative estimate of drug-likeness (QED) is 0.823. The lowest BCUT2D eigenvalue weighted by molar-refractivity contribution is -0.000883. The molecule has 2 rings (SSSR count). The number of carbonyl (C=O) groups is 1. The van der Waals surface area contributed by atoms with Crippen LogP contribution in [0.15, 0.2) is 18.3 Å². The van der Waals surface area contributed by atoms with Crippen LogP contribution in [0.25, 0.3) is 0 Å². The van der Waals surface area contributed by atoms with E-state index in [1.165, 1.54) is 5.56 Å². The van der Waals surface area contributed by atoms with Gasteiger partial charge in [-0.25, -0.2) is 4.79 Å². The normalized spacial score (nSPS) is 16.1. The summed E-state index contributed by atoms with van der Waals surface area (Å²) < 4.78 is 5.34. The van der Waals surface area contributed by atoms with Gasteiger partial charge in [0.25, 0.3) is 0 Å². The first-order valence-electron chi connectivity index (χ1n) is 6.73. The van der Waals surface area contributed by atoms with E-state index in [0.717, 1.165) is 25.2 Å². The number of pyridine rings is 1. The summed E-state index contributed by atoms with van der Waals surface area (Å²) in [5.74, 6) is 0.536. The number of amides is 1. The Morgan fingerprint density at radius 2 is 2.16 bits per heavy atom. The number of ether oxygens (including phenoxy) is 1. The molecule has 2 heterocycles. The third-order valence-electron chi connectivity index (χ3n) is 3.09. The predicted molar refractivity (Wildman–Crippen MR) is 74.0 cm³/mol. The number of nitrogens with zero attached hydrogens (tertiary/aromatic N) is 2. The van der Waals surface area contributed by atoms with Crippen molar-refractivity contribution in [1.29, 1.82) is 0 Å². The minimum atomic E-state index is -0.412. The largest absolute Gasteiger partial charge is 0.444 e. The summed E-state index contributed by atoms with van der Waals surface area (Å²) in [5, 5.41) is 0. The van der Waals surface area contributed by atoms with Crippen LogP contribution >= 0.6 is 0 Å². The van der Waals surface area contributed by atoms with E-state index in [0.29, 0.717) is 5.92 Å². The molecular formula is C15H22N2O2. The first-order chi connectivity index (χ1) is 8.83. The third-order valence-corrected chi connectivity index (χ3v) is 3.09. The maximum atomic E-state index is 11.8. The van der Waals surface area contributed by atoms with Gasteiger partial charge in [0.05, 0.1) is 0 Å². The molecule has 1 aliphatic heterocycles. The van der Waals surface area contributed by atoms with Crippen molar-refractivity contribution < 1.29 is 9.53 Å². The van der Waals surface area contributed by atoms with Crippen LogP contribution in [-0.2, 0) is 11.2 Å². The monoisotopic (exact) mass is 262 g/mol. The first kappa shape index (κ1) is 13.8. The summed E-state index contributed by atoms with van der Waals surface area (Å²) in [4.78, 5) is 17.7. The fourth-order valence-corrected chi connectivity index (χ4v) is 2.24. The molecule has 1 aromatic heterocycles. The van der Waals surface area contributed by atoms with Crippen LogP contribution in [0, 0.1) is 12.8 Å². The number of rotatable bonds is 2. The molecule has 0 spiro atoms. The zero-order valence-corrected chi connectivity index (χ0v) is 12.1. The standard InChI is InChI=1S/C15H22N2O2/c1-11-7-12(5-6-16-11)8-13-9-17(10-13)14(18)19-15(2,3)4/h5-7,13H,8-10H2,1-4H3. The molecule has 4 nitrogen and oxygen atoms in total. The van der Waals surface area contributed by atoms with E-state index in [-0.39, 0.29) is 6.09 Å². The van der Waals surface area contributed by atoms with Crippen molar-refractivity contribution in [1.82, 2.24) is 9.88 Å². The van der Waals surface area contributed by atoms with Gasteiger partial charge in [0.2, 0.25) is 0 Å². The van der Waals surface area contributed by atoms with Gasteiger partial charge in [-0.3, -0.25) is 4.98 Å². The maximum Gasteiger partial charge on any atom is 0.410 e. The van der Waals surface area contributed by atoms with Crippen molar-refractivity contribution in [3.8, 4) is 0 Å². The van der Waals surface area contributed by atoms with E-state index in [9.17, 15) is 4.79 Å². The topological polar surface area (TPSA) is 42.4 Å². The van der Waals surface area contributed by atoms with Gasteiger partial charge in [-0.15, -0.1) is 0 Å². The summed E-state index contributed by atoms with van der Waals surface area (Å²) in [6, 6.07) is 4.15. The highest BCUT2D eigenvalue weighted by Gasteiger charge is 2.33. The number of aryl methyl sites for hydroxylation is 1. The highest BCUT2D eigenvalue weighted by atomic mass is 16.6. The Kier molecular flexibility index (Phi) is 3.78. The van der Waals surface area contributed by atoms with Crippen LogP contribution in [0.5, 0.6) is 0 Å². The Balaban J connectivity index is 1.79. The number of hydrogen-bond donors (Lipinski definition) is 0.